The van der Waals surface area contributed by atoms with Gasteiger partial charge in [0, 0.05) is 19.3 Å². The van der Waals surface area contributed by atoms with Crippen LogP contribution < -0.4 is 5.32 Å². The van der Waals surface area contributed by atoms with Gasteiger partial charge in [-0.3, -0.25) is 0 Å². The van der Waals surface area contributed by atoms with Crippen LogP contribution in [0.3, 0.4) is 0 Å². The molecule has 0 heterocycles. The minimum Gasteiger partial charge on any atom is -0.384 e. The Kier molecular flexibility index (Phi) is 5.72. The molecule has 0 saturated carbocycles. The van der Waals surface area contributed by atoms with Gasteiger partial charge in [0.25, 0.3) is 0 Å². The van der Waals surface area contributed by atoms with Gasteiger partial charge in [-0.15, -0.1) is 0 Å². The summed E-state index contributed by atoms with van der Waals surface area (Å²) in [6.07, 6.45) is 0.890. The fourth-order valence-corrected chi connectivity index (χ4v) is 2.29. The van der Waals surface area contributed by atoms with Gasteiger partial charge in [-0.1, -0.05) is 47.5 Å². The van der Waals surface area contributed by atoms with Crippen LogP contribution in [-0.2, 0) is 17.7 Å². The number of rotatable bonds is 6. The van der Waals surface area contributed by atoms with E-state index in [0.29, 0.717) is 23.2 Å². The van der Waals surface area contributed by atoms with Crippen LogP contribution in [0.2, 0.25) is 10.0 Å². The van der Waals surface area contributed by atoms with Crippen molar-refractivity contribution < 1.29 is 4.74 Å². The van der Waals surface area contributed by atoms with E-state index < -0.39 is 0 Å². The van der Waals surface area contributed by atoms with Crippen LogP contribution >= 0.6 is 23.2 Å². The lowest BCUT2D eigenvalue weighted by Crippen LogP contribution is -2.04. The van der Waals surface area contributed by atoms with Crippen molar-refractivity contribution in [1.82, 2.24) is 0 Å². The van der Waals surface area contributed by atoms with Gasteiger partial charge in [-0.2, -0.15) is 0 Å². The average molecular weight is 310 g/mol. The van der Waals surface area contributed by atoms with E-state index in [4.69, 9.17) is 27.9 Å². The molecular formula is C16H17Cl2NO. The predicted molar refractivity (Wildman–Crippen MR) is 85.8 cm³/mol. The van der Waals surface area contributed by atoms with Crippen molar-refractivity contribution in [3.8, 4) is 0 Å². The third kappa shape index (κ3) is 4.14. The van der Waals surface area contributed by atoms with Crippen molar-refractivity contribution in [3.63, 3.8) is 0 Å². The number of para-hydroxylation sites is 1. The molecule has 2 aromatic carbocycles. The lowest BCUT2D eigenvalue weighted by Gasteiger charge is -2.12. The first-order valence-electron chi connectivity index (χ1n) is 6.45. The Morgan fingerprint density at radius 2 is 1.85 bits per heavy atom. The lowest BCUT2D eigenvalue weighted by molar-refractivity contribution is 0.202. The van der Waals surface area contributed by atoms with Gasteiger partial charge >= 0.3 is 0 Å². The molecule has 0 spiro atoms. The van der Waals surface area contributed by atoms with E-state index in [2.05, 4.69) is 17.4 Å². The second kappa shape index (κ2) is 7.53. The molecule has 0 aliphatic heterocycles. The van der Waals surface area contributed by atoms with E-state index >= 15 is 0 Å². The Labute approximate surface area is 129 Å². The van der Waals surface area contributed by atoms with Gasteiger partial charge in [-0.05, 0) is 35.7 Å². The van der Waals surface area contributed by atoms with Gasteiger partial charge in [0.15, 0.2) is 0 Å². The van der Waals surface area contributed by atoms with Crippen molar-refractivity contribution in [2.24, 2.45) is 0 Å². The van der Waals surface area contributed by atoms with Gasteiger partial charge < -0.3 is 10.1 Å². The van der Waals surface area contributed by atoms with Crippen LogP contribution in [0.1, 0.15) is 11.1 Å². The number of benzene rings is 2. The summed E-state index contributed by atoms with van der Waals surface area (Å²) >= 11 is 11.9. The summed E-state index contributed by atoms with van der Waals surface area (Å²) in [5, 5.41) is 4.59. The summed E-state index contributed by atoms with van der Waals surface area (Å²) < 4.78 is 5.13. The van der Waals surface area contributed by atoms with Crippen LogP contribution in [0.5, 0.6) is 0 Å². The standard InChI is InChI=1S/C16H17Cl2NO/c1-20-9-8-13-4-2-3-5-16(13)19-11-12-6-7-14(17)15(18)10-12/h2-7,10,19H,8-9,11H2,1H3. The molecule has 2 aromatic rings. The molecule has 0 atom stereocenters. The highest BCUT2D eigenvalue weighted by Crippen LogP contribution is 2.23. The van der Waals surface area contributed by atoms with Crippen LogP contribution in [0.25, 0.3) is 0 Å². The molecule has 2 rings (SSSR count). The van der Waals surface area contributed by atoms with E-state index in [-0.39, 0.29) is 0 Å². The van der Waals surface area contributed by atoms with Crippen LogP contribution in [0, 0.1) is 0 Å². The normalized spacial score (nSPS) is 10.6. The maximum absolute atomic E-state index is 6.02. The Hall–Kier alpha value is -1.22. The lowest BCUT2D eigenvalue weighted by atomic mass is 10.1. The number of halogens is 2. The third-order valence-corrected chi connectivity index (χ3v) is 3.80. The topological polar surface area (TPSA) is 21.3 Å². The van der Waals surface area contributed by atoms with E-state index in [1.165, 1.54) is 5.56 Å². The molecule has 4 heteroatoms. The molecule has 0 bridgehead atoms. The minimum absolute atomic E-state index is 0.580. The highest BCUT2D eigenvalue weighted by Gasteiger charge is 2.03. The molecule has 2 nitrogen and oxygen atoms in total. The number of methoxy groups -OCH3 is 1. The molecular weight excluding hydrogens is 293 g/mol. The predicted octanol–water partition coefficient (Wildman–Crippen LogP) is 4.79. The summed E-state index contributed by atoms with van der Waals surface area (Å²) in [6.45, 7) is 1.42. The van der Waals surface area contributed by atoms with E-state index in [1.807, 2.05) is 30.3 Å². The fourth-order valence-electron chi connectivity index (χ4n) is 1.97. The monoisotopic (exact) mass is 309 g/mol. The second-order valence-corrected chi connectivity index (χ2v) is 5.32. The largest absolute Gasteiger partial charge is 0.384 e. The van der Waals surface area contributed by atoms with Crippen molar-refractivity contribution in [1.29, 1.82) is 0 Å². The Bertz CT molecular complexity index is 572. The molecule has 0 aromatic heterocycles. The summed E-state index contributed by atoms with van der Waals surface area (Å²) in [4.78, 5) is 0. The zero-order chi connectivity index (χ0) is 14.4. The van der Waals surface area contributed by atoms with Gasteiger partial charge in [0.1, 0.15) is 0 Å². The van der Waals surface area contributed by atoms with E-state index in [1.54, 1.807) is 7.11 Å². The Morgan fingerprint density at radius 3 is 2.60 bits per heavy atom. The van der Waals surface area contributed by atoms with Gasteiger partial charge in [0.05, 0.1) is 16.7 Å². The van der Waals surface area contributed by atoms with Crippen molar-refractivity contribution in [2.45, 2.75) is 13.0 Å². The quantitative estimate of drug-likeness (QED) is 0.828. The molecule has 0 amide bonds. The number of ether oxygens (including phenoxy) is 1. The first kappa shape index (κ1) is 15.2. The second-order valence-electron chi connectivity index (χ2n) is 4.50. The van der Waals surface area contributed by atoms with Crippen LogP contribution in [0.4, 0.5) is 5.69 Å². The summed E-state index contributed by atoms with van der Waals surface area (Å²) in [5.41, 5.74) is 3.46. The highest BCUT2D eigenvalue weighted by molar-refractivity contribution is 6.42. The van der Waals surface area contributed by atoms with Crippen LogP contribution in [-0.4, -0.2) is 13.7 Å². The first-order valence-corrected chi connectivity index (χ1v) is 7.21. The highest BCUT2D eigenvalue weighted by atomic mass is 35.5. The van der Waals surface area contributed by atoms with Crippen LogP contribution in [0.15, 0.2) is 42.5 Å². The molecule has 0 radical (unpaired) electrons. The number of anilines is 1. The smallest absolute Gasteiger partial charge is 0.0595 e. The summed E-state index contributed by atoms with van der Waals surface area (Å²) in [5.74, 6) is 0. The zero-order valence-electron chi connectivity index (χ0n) is 11.3. The third-order valence-electron chi connectivity index (χ3n) is 3.06. The zero-order valence-corrected chi connectivity index (χ0v) is 12.8. The first-order chi connectivity index (χ1) is 9.70. The molecule has 0 fully saturated rings. The maximum atomic E-state index is 6.02. The van der Waals surface area contributed by atoms with E-state index in [9.17, 15) is 0 Å². The Balaban J connectivity index is 2.04. The average Bonchev–Trinajstić information content (AvgIpc) is 2.47. The number of hydrogen-bond acceptors (Lipinski definition) is 2. The summed E-state index contributed by atoms with van der Waals surface area (Å²) in [7, 11) is 1.71. The minimum atomic E-state index is 0.580. The maximum Gasteiger partial charge on any atom is 0.0595 e. The Morgan fingerprint density at radius 1 is 1.05 bits per heavy atom. The van der Waals surface area contributed by atoms with Gasteiger partial charge in [0.2, 0.25) is 0 Å². The van der Waals surface area contributed by atoms with E-state index in [0.717, 1.165) is 17.7 Å². The number of nitrogens with one attached hydrogen (secondary N) is 1. The summed E-state index contributed by atoms with van der Waals surface area (Å²) in [6, 6.07) is 13.9. The number of hydrogen-bond donors (Lipinski definition) is 1. The SMILES string of the molecule is COCCc1ccccc1NCc1ccc(Cl)c(Cl)c1. The molecule has 0 aliphatic carbocycles. The molecule has 0 aliphatic rings. The van der Waals surface area contributed by atoms with Crippen molar-refractivity contribution >= 4 is 28.9 Å². The molecule has 20 heavy (non-hydrogen) atoms. The van der Waals surface area contributed by atoms with Gasteiger partial charge in [-0.25, -0.2) is 0 Å². The fraction of sp³-hybridized carbons (Fsp3) is 0.250. The molecule has 1 N–H and O–H groups in total. The molecule has 0 unspecified atom stereocenters. The molecule has 0 saturated heterocycles. The van der Waals surface area contributed by atoms with Crippen molar-refractivity contribution in [3.05, 3.63) is 63.6 Å². The van der Waals surface area contributed by atoms with Crippen molar-refractivity contribution in [2.75, 3.05) is 19.0 Å². The molecule has 106 valence electrons.